The quantitative estimate of drug-likeness (QED) is 0.103. The highest BCUT2D eigenvalue weighted by Crippen LogP contribution is 2.35. The van der Waals surface area contributed by atoms with Gasteiger partial charge in [0, 0.05) is 29.3 Å². The molecular weight excluding hydrogens is 639 g/mol. The number of hydrogen-bond acceptors (Lipinski definition) is 10. The number of carbonyl (C=O) groups excluding carboxylic acids is 2. The summed E-state index contributed by atoms with van der Waals surface area (Å²) in [5.41, 5.74) is 2.89. The Labute approximate surface area is 278 Å². The number of ether oxygens (including phenoxy) is 1. The summed E-state index contributed by atoms with van der Waals surface area (Å²) in [7, 11) is 1.61. The average molecular weight is 668 g/mol. The molecule has 0 unspecified atom stereocenters. The maximum atomic E-state index is 13.8. The SMILES string of the molecule is COc1ccc([C@H]2CC(c3cccs3)=NN2C(=O)CSc2nnc(CNC(=O)c3cccc([N+](=O)[O-])c3C)n2-c2ccccc2)cc1. The van der Waals surface area contributed by atoms with E-state index in [2.05, 4.69) is 15.5 Å². The fraction of sp³-hybridized carbons (Fsp3) is 0.182. The molecule has 1 atom stereocenters. The number of thiophene rings is 1. The van der Waals surface area contributed by atoms with Gasteiger partial charge in [-0.3, -0.25) is 24.3 Å². The van der Waals surface area contributed by atoms with E-state index in [0.717, 1.165) is 27.6 Å². The zero-order valence-corrected chi connectivity index (χ0v) is 27.0. The Morgan fingerprint density at radius 1 is 1.04 bits per heavy atom. The van der Waals surface area contributed by atoms with Gasteiger partial charge >= 0.3 is 0 Å². The van der Waals surface area contributed by atoms with Crippen LogP contribution in [-0.2, 0) is 11.3 Å². The van der Waals surface area contributed by atoms with Gasteiger partial charge < -0.3 is 10.1 Å². The van der Waals surface area contributed by atoms with Crippen LogP contribution in [0, 0.1) is 17.0 Å². The minimum absolute atomic E-state index is 0.00248. The molecular formula is C33H29N7O5S2. The highest BCUT2D eigenvalue weighted by Gasteiger charge is 2.34. The van der Waals surface area contributed by atoms with Crippen LogP contribution in [0.25, 0.3) is 5.69 Å². The number of rotatable bonds is 11. The lowest BCUT2D eigenvalue weighted by atomic mass is 10.0. The van der Waals surface area contributed by atoms with E-state index in [9.17, 15) is 19.7 Å². The topological polar surface area (TPSA) is 145 Å². The molecule has 12 nitrogen and oxygen atoms in total. The summed E-state index contributed by atoms with van der Waals surface area (Å²) in [6.07, 6.45) is 0.581. The molecule has 0 aliphatic carbocycles. The van der Waals surface area contributed by atoms with Crippen LogP contribution >= 0.6 is 23.1 Å². The fourth-order valence-corrected chi connectivity index (χ4v) is 6.82. The molecule has 3 heterocycles. The van der Waals surface area contributed by atoms with Gasteiger partial charge in [-0.25, -0.2) is 5.01 Å². The number of hydrazone groups is 1. The van der Waals surface area contributed by atoms with Crippen molar-refractivity contribution in [1.29, 1.82) is 0 Å². The number of methoxy groups -OCH3 is 1. The molecule has 0 fully saturated rings. The first kappa shape index (κ1) is 31.6. The molecule has 14 heteroatoms. The Bertz CT molecular complexity index is 1940. The Morgan fingerprint density at radius 3 is 2.53 bits per heavy atom. The molecule has 0 radical (unpaired) electrons. The monoisotopic (exact) mass is 667 g/mol. The van der Waals surface area contributed by atoms with Crippen molar-refractivity contribution in [3.8, 4) is 11.4 Å². The van der Waals surface area contributed by atoms with Gasteiger partial charge in [0.15, 0.2) is 11.0 Å². The summed E-state index contributed by atoms with van der Waals surface area (Å²) in [5.74, 6) is 0.528. The minimum Gasteiger partial charge on any atom is -0.497 e. The van der Waals surface area contributed by atoms with E-state index in [-0.39, 0.29) is 41.1 Å². The Balaban J connectivity index is 1.22. The van der Waals surface area contributed by atoms with E-state index in [0.29, 0.717) is 17.4 Å². The van der Waals surface area contributed by atoms with Gasteiger partial charge in [-0.2, -0.15) is 5.10 Å². The number of amides is 2. The lowest BCUT2D eigenvalue weighted by Gasteiger charge is -2.22. The summed E-state index contributed by atoms with van der Waals surface area (Å²) in [6.45, 7) is 1.54. The molecule has 6 rings (SSSR count). The number of hydrogen-bond donors (Lipinski definition) is 1. The maximum absolute atomic E-state index is 13.8. The summed E-state index contributed by atoms with van der Waals surface area (Å²) in [4.78, 5) is 38.7. The van der Waals surface area contributed by atoms with Crippen LogP contribution in [0.3, 0.4) is 0 Å². The molecule has 0 saturated carbocycles. The number of carbonyl (C=O) groups is 2. The highest BCUT2D eigenvalue weighted by molar-refractivity contribution is 7.99. The lowest BCUT2D eigenvalue weighted by Crippen LogP contribution is -2.28. The predicted molar refractivity (Wildman–Crippen MR) is 179 cm³/mol. The first-order chi connectivity index (χ1) is 22.8. The number of thioether (sulfide) groups is 1. The van der Waals surface area contributed by atoms with Crippen molar-refractivity contribution in [2.24, 2.45) is 5.10 Å². The average Bonchev–Trinajstić information content (AvgIpc) is 3.87. The number of nitro benzene ring substituents is 1. The van der Waals surface area contributed by atoms with Gasteiger partial charge in [0.1, 0.15) is 5.75 Å². The van der Waals surface area contributed by atoms with Crippen molar-refractivity contribution in [1.82, 2.24) is 25.1 Å². The van der Waals surface area contributed by atoms with Crippen molar-refractivity contribution >= 4 is 46.3 Å². The fourth-order valence-electron chi connectivity index (χ4n) is 5.28. The predicted octanol–water partition coefficient (Wildman–Crippen LogP) is 5.95. The largest absolute Gasteiger partial charge is 0.497 e. The number of nitro groups is 1. The molecule has 3 aromatic carbocycles. The van der Waals surface area contributed by atoms with E-state index in [1.807, 2.05) is 72.1 Å². The van der Waals surface area contributed by atoms with Crippen LogP contribution in [-0.4, -0.2) is 55.1 Å². The van der Waals surface area contributed by atoms with Gasteiger partial charge in [-0.15, -0.1) is 21.5 Å². The summed E-state index contributed by atoms with van der Waals surface area (Å²) in [6, 6.07) is 25.1. The second kappa shape index (κ2) is 14.0. The van der Waals surface area contributed by atoms with Crippen molar-refractivity contribution < 1.29 is 19.2 Å². The zero-order valence-electron chi connectivity index (χ0n) is 25.4. The first-order valence-electron chi connectivity index (χ1n) is 14.6. The van der Waals surface area contributed by atoms with Crippen molar-refractivity contribution in [3.05, 3.63) is 128 Å². The molecule has 47 heavy (non-hydrogen) atoms. The van der Waals surface area contributed by atoms with Crippen LogP contribution in [0.5, 0.6) is 5.75 Å². The van der Waals surface area contributed by atoms with E-state index in [1.54, 1.807) is 28.0 Å². The normalized spacial score (nSPS) is 14.1. The molecule has 1 aliphatic rings. The highest BCUT2D eigenvalue weighted by atomic mass is 32.2. The van der Waals surface area contributed by atoms with Gasteiger partial charge in [-0.1, -0.05) is 54.2 Å². The van der Waals surface area contributed by atoms with Crippen LogP contribution in [0.1, 0.15) is 44.6 Å². The second-order valence-electron chi connectivity index (χ2n) is 10.5. The number of nitrogens with one attached hydrogen (secondary N) is 1. The molecule has 0 saturated heterocycles. The third-order valence-electron chi connectivity index (χ3n) is 7.67. The minimum atomic E-state index is -0.515. The van der Waals surface area contributed by atoms with Crippen molar-refractivity contribution in [2.45, 2.75) is 31.1 Å². The maximum Gasteiger partial charge on any atom is 0.273 e. The molecule has 0 spiro atoms. The molecule has 5 aromatic rings. The van der Waals surface area contributed by atoms with E-state index in [4.69, 9.17) is 9.84 Å². The standard InChI is InChI=1S/C33H29N7O5S2/c1-21-25(10-6-11-27(21)40(43)44)32(42)34-19-30-35-36-33(38(30)23-8-4-3-5-9-23)47-20-31(41)39-28(22-13-15-24(45-2)16-14-22)18-26(37-39)29-12-7-17-46-29/h3-17,28H,18-20H2,1-2H3,(H,34,42)/t28-/m1/s1. The molecule has 1 N–H and O–H groups in total. The van der Waals surface area contributed by atoms with E-state index in [1.165, 1.54) is 36.9 Å². The Morgan fingerprint density at radius 2 is 1.83 bits per heavy atom. The molecule has 2 amide bonds. The lowest BCUT2D eigenvalue weighted by molar-refractivity contribution is -0.385. The van der Waals surface area contributed by atoms with Gasteiger partial charge in [-0.05, 0) is 54.3 Å². The molecule has 1 aliphatic heterocycles. The Kier molecular flexibility index (Phi) is 9.40. The summed E-state index contributed by atoms with van der Waals surface area (Å²) >= 11 is 2.80. The zero-order chi connectivity index (χ0) is 32.9. The smallest absolute Gasteiger partial charge is 0.273 e. The number of benzene rings is 3. The van der Waals surface area contributed by atoms with Crippen molar-refractivity contribution in [3.63, 3.8) is 0 Å². The first-order valence-corrected chi connectivity index (χ1v) is 16.4. The molecule has 238 valence electrons. The number of nitrogens with zero attached hydrogens (tertiary/aromatic N) is 6. The third-order valence-corrected chi connectivity index (χ3v) is 9.50. The second-order valence-corrected chi connectivity index (χ2v) is 12.4. The number of aromatic nitrogens is 3. The van der Waals surface area contributed by atoms with Gasteiger partial charge in [0.25, 0.3) is 17.5 Å². The third kappa shape index (κ3) is 6.78. The number of para-hydroxylation sites is 1. The van der Waals surface area contributed by atoms with E-state index >= 15 is 0 Å². The van der Waals surface area contributed by atoms with Crippen LogP contribution in [0.4, 0.5) is 5.69 Å². The van der Waals surface area contributed by atoms with Crippen LogP contribution in [0.2, 0.25) is 0 Å². The van der Waals surface area contributed by atoms with Gasteiger partial charge in [0.05, 0.1) is 41.0 Å². The summed E-state index contributed by atoms with van der Waals surface area (Å²) < 4.78 is 7.10. The van der Waals surface area contributed by atoms with Gasteiger partial charge in [0.2, 0.25) is 0 Å². The van der Waals surface area contributed by atoms with Crippen molar-refractivity contribution in [2.75, 3.05) is 12.9 Å². The molecule has 2 aromatic heterocycles. The van der Waals surface area contributed by atoms with Crippen LogP contribution in [0.15, 0.2) is 101 Å². The summed E-state index contributed by atoms with van der Waals surface area (Å²) in [5, 5.41) is 31.6. The Hall–Kier alpha value is -5.34. The van der Waals surface area contributed by atoms with Crippen LogP contribution < -0.4 is 10.1 Å². The van der Waals surface area contributed by atoms with E-state index < -0.39 is 10.8 Å². The molecule has 0 bridgehead atoms.